The Bertz CT molecular complexity index is 1050. The summed E-state index contributed by atoms with van der Waals surface area (Å²) in [6, 6.07) is 12.6. The van der Waals surface area contributed by atoms with E-state index in [0.717, 1.165) is 28.8 Å². The first-order valence-corrected chi connectivity index (χ1v) is 11.2. The molecule has 5 nitrogen and oxygen atoms in total. The normalized spacial score (nSPS) is 21.8. The molecule has 2 aliphatic heterocycles. The van der Waals surface area contributed by atoms with E-state index in [1.165, 1.54) is 0 Å². The Hall–Kier alpha value is -3.03. The lowest BCUT2D eigenvalue weighted by Crippen LogP contribution is -2.49. The smallest absolute Gasteiger partial charge is 0.462 e. The number of piperidine rings is 1. The quantitative estimate of drug-likeness (QED) is 0.645. The molecular weight excluding hydrogens is 433 g/mol. The zero-order chi connectivity index (χ0) is 23.8. The average Bonchev–Trinajstić information content (AvgIpc) is 2.90. The van der Waals surface area contributed by atoms with Crippen molar-refractivity contribution in [1.29, 1.82) is 0 Å². The Morgan fingerprint density at radius 3 is 2.55 bits per heavy atom. The lowest BCUT2D eigenvalue weighted by atomic mass is 9.86. The van der Waals surface area contributed by atoms with Gasteiger partial charge in [-0.3, -0.25) is 4.79 Å². The number of nitrogens with one attached hydrogen (secondary N) is 1. The van der Waals surface area contributed by atoms with Crippen molar-refractivity contribution >= 4 is 17.6 Å². The van der Waals surface area contributed by atoms with Gasteiger partial charge in [-0.25, -0.2) is 4.79 Å². The predicted molar refractivity (Wildman–Crippen MR) is 118 cm³/mol. The molecule has 0 spiro atoms. The molecule has 0 saturated carbocycles. The molecule has 0 aromatic heterocycles. The molecule has 1 saturated heterocycles. The van der Waals surface area contributed by atoms with Crippen LogP contribution >= 0.6 is 0 Å². The molecule has 2 aliphatic rings. The van der Waals surface area contributed by atoms with E-state index in [1.54, 1.807) is 6.07 Å². The molecule has 2 aromatic rings. The molecule has 2 aromatic carbocycles. The second kappa shape index (κ2) is 9.08. The van der Waals surface area contributed by atoms with Crippen LogP contribution in [-0.4, -0.2) is 37.2 Å². The molecule has 3 atom stereocenters. The summed E-state index contributed by atoms with van der Waals surface area (Å²) >= 11 is 0. The molecule has 4 rings (SSSR count). The molecule has 0 aliphatic carbocycles. The number of hydrogen-bond donors (Lipinski definition) is 1. The zero-order valence-corrected chi connectivity index (χ0v) is 18.6. The van der Waals surface area contributed by atoms with Crippen molar-refractivity contribution < 1.29 is 27.5 Å². The number of carbonyl (C=O) groups is 2. The predicted octanol–water partition coefficient (Wildman–Crippen LogP) is 5.11. The molecule has 2 heterocycles. The number of carbonyl (C=O) groups excluding carboxylic acids is 2. The molecule has 8 heteroatoms. The first-order chi connectivity index (χ1) is 15.7. The van der Waals surface area contributed by atoms with Gasteiger partial charge in [0.15, 0.2) is 0 Å². The fourth-order valence-electron chi connectivity index (χ4n) is 4.89. The van der Waals surface area contributed by atoms with Gasteiger partial charge in [-0.05, 0) is 54.2 Å². The van der Waals surface area contributed by atoms with Crippen molar-refractivity contribution in [3.05, 3.63) is 64.7 Å². The standard InChI is InChI=1S/C25H27F3N2O3/c1-3-12-33-23(31)16-8-9-21-20(13-16)15(2)18-6-4-5-7-19(18)22-14-17(10-11-30(21)22)29-24(32)25(26,27)28/h4-9,13,15,17,22H,3,10-12,14H2,1-2H3,(H,29,32)/t15-,17-,22-/m1/s1. The number of rotatable bonds is 4. The molecule has 33 heavy (non-hydrogen) atoms. The molecule has 1 fully saturated rings. The summed E-state index contributed by atoms with van der Waals surface area (Å²) in [4.78, 5) is 26.2. The van der Waals surface area contributed by atoms with E-state index in [9.17, 15) is 22.8 Å². The summed E-state index contributed by atoms with van der Waals surface area (Å²) in [5.74, 6) is -2.29. The maximum atomic E-state index is 12.8. The number of fused-ring (bicyclic) bond motifs is 5. The van der Waals surface area contributed by atoms with Gasteiger partial charge in [-0.2, -0.15) is 13.2 Å². The van der Waals surface area contributed by atoms with Gasteiger partial charge >= 0.3 is 18.1 Å². The molecular formula is C25H27F3N2O3. The number of halogens is 3. The number of esters is 1. The summed E-state index contributed by atoms with van der Waals surface area (Å²) < 4.78 is 43.7. The molecule has 0 unspecified atom stereocenters. The van der Waals surface area contributed by atoms with Gasteiger partial charge in [-0.15, -0.1) is 0 Å². The van der Waals surface area contributed by atoms with Gasteiger partial charge < -0.3 is 15.0 Å². The first kappa shape index (κ1) is 23.1. The van der Waals surface area contributed by atoms with Crippen molar-refractivity contribution in [2.75, 3.05) is 18.1 Å². The van der Waals surface area contributed by atoms with Gasteiger partial charge in [0.25, 0.3) is 0 Å². The van der Waals surface area contributed by atoms with Crippen molar-refractivity contribution in [2.24, 2.45) is 0 Å². The molecule has 1 N–H and O–H groups in total. The number of ether oxygens (including phenoxy) is 1. The SMILES string of the molecule is CCCOC(=O)c1ccc2c(c1)[C@H](C)c1ccccc1[C@H]1C[C@H](NC(=O)C(F)(F)F)CCN21. The highest BCUT2D eigenvalue weighted by Gasteiger charge is 2.42. The molecule has 1 amide bonds. The van der Waals surface area contributed by atoms with Crippen LogP contribution in [0.4, 0.5) is 18.9 Å². The number of amides is 1. The van der Waals surface area contributed by atoms with Crippen LogP contribution in [0.25, 0.3) is 0 Å². The van der Waals surface area contributed by atoms with E-state index < -0.39 is 18.1 Å². The van der Waals surface area contributed by atoms with E-state index >= 15 is 0 Å². The summed E-state index contributed by atoms with van der Waals surface area (Å²) in [7, 11) is 0. The summed E-state index contributed by atoms with van der Waals surface area (Å²) in [5, 5.41) is 2.17. The van der Waals surface area contributed by atoms with E-state index in [4.69, 9.17) is 4.74 Å². The van der Waals surface area contributed by atoms with Crippen molar-refractivity contribution in [3.63, 3.8) is 0 Å². The van der Waals surface area contributed by atoms with Crippen molar-refractivity contribution in [1.82, 2.24) is 5.32 Å². The van der Waals surface area contributed by atoms with E-state index in [2.05, 4.69) is 17.1 Å². The van der Waals surface area contributed by atoms with Crippen LogP contribution in [0.5, 0.6) is 0 Å². The van der Waals surface area contributed by atoms with Gasteiger partial charge in [-0.1, -0.05) is 38.1 Å². The topological polar surface area (TPSA) is 58.6 Å². The average molecular weight is 460 g/mol. The highest BCUT2D eigenvalue weighted by atomic mass is 19.4. The Kier molecular flexibility index (Phi) is 6.36. The third-order valence-electron chi connectivity index (χ3n) is 6.49. The molecule has 176 valence electrons. The van der Waals surface area contributed by atoms with E-state index in [0.29, 0.717) is 31.6 Å². The van der Waals surface area contributed by atoms with Crippen molar-refractivity contribution in [3.8, 4) is 0 Å². The van der Waals surface area contributed by atoms with Gasteiger partial charge in [0.05, 0.1) is 18.2 Å². The van der Waals surface area contributed by atoms with Crippen LogP contribution in [0.1, 0.15) is 72.1 Å². The Morgan fingerprint density at radius 2 is 1.85 bits per heavy atom. The monoisotopic (exact) mass is 460 g/mol. The Balaban J connectivity index is 1.71. The van der Waals surface area contributed by atoms with Crippen molar-refractivity contribution in [2.45, 2.75) is 57.3 Å². The van der Waals surface area contributed by atoms with Crippen LogP contribution in [0.15, 0.2) is 42.5 Å². The van der Waals surface area contributed by atoms with Crippen LogP contribution in [0.2, 0.25) is 0 Å². The lowest BCUT2D eigenvalue weighted by molar-refractivity contribution is -0.174. The van der Waals surface area contributed by atoms with E-state index in [1.807, 2.05) is 43.3 Å². The number of hydrogen-bond acceptors (Lipinski definition) is 4. The maximum Gasteiger partial charge on any atom is 0.471 e. The fraction of sp³-hybridized carbons (Fsp3) is 0.440. The Labute approximate surface area is 190 Å². The zero-order valence-electron chi connectivity index (χ0n) is 18.6. The lowest BCUT2D eigenvalue weighted by Gasteiger charge is -2.41. The van der Waals surface area contributed by atoms with Gasteiger partial charge in [0.1, 0.15) is 0 Å². The van der Waals surface area contributed by atoms with Crippen LogP contribution < -0.4 is 10.2 Å². The van der Waals surface area contributed by atoms with Gasteiger partial charge in [0, 0.05) is 24.2 Å². The fourth-order valence-corrected chi connectivity index (χ4v) is 4.89. The van der Waals surface area contributed by atoms with Gasteiger partial charge in [0.2, 0.25) is 0 Å². The third-order valence-corrected chi connectivity index (χ3v) is 6.49. The number of benzene rings is 2. The minimum atomic E-state index is -4.90. The summed E-state index contributed by atoms with van der Waals surface area (Å²) in [6.45, 7) is 4.85. The minimum Gasteiger partial charge on any atom is -0.462 e. The minimum absolute atomic E-state index is 0.0241. The largest absolute Gasteiger partial charge is 0.471 e. The number of nitrogens with zero attached hydrogens (tertiary/aromatic N) is 1. The number of alkyl halides is 3. The highest BCUT2D eigenvalue weighted by molar-refractivity contribution is 5.90. The summed E-state index contributed by atoms with van der Waals surface area (Å²) in [5.41, 5.74) is 4.51. The first-order valence-electron chi connectivity index (χ1n) is 11.2. The second-order valence-corrected chi connectivity index (χ2v) is 8.66. The van der Waals surface area contributed by atoms with E-state index in [-0.39, 0.29) is 17.9 Å². The van der Waals surface area contributed by atoms with Crippen LogP contribution in [-0.2, 0) is 9.53 Å². The maximum absolute atomic E-state index is 12.8. The highest BCUT2D eigenvalue weighted by Crippen LogP contribution is 2.46. The van der Waals surface area contributed by atoms with Crippen LogP contribution in [0.3, 0.4) is 0 Å². The van der Waals surface area contributed by atoms with Crippen LogP contribution in [0, 0.1) is 0 Å². The second-order valence-electron chi connectivity index (χ2n) is 8.66. The molecule has 0 bridgehead atoms. The summed E-state index contributed by atoms with van der Waals surface area (Å²) in [6.07, 6.45) is -3.40. The Morgan fingerprint density at radius 1 is 1.12 bits per heavy atom. The molecule has 0 radical (unpaired) electrons. The number of anilines is 1. The third kappa shape index (κ3) is 4.56.